The number of likely N-dealkylation sites (tertiary alicyclic amines) is 1. The lowest BCUT2D eigenvalue weighted by Crippen LogP contribution is -2.37. The van der Waals surface area contributed by atoms with Gasteiger partial charge in [-0.1, -0.05) is 31.2 Å². The molecule has 1 aromatic rings. The van der Waals surface area contributed by atoms with E-state index in [1.807, 2.05) is 18.8 Å². The Hall–Kier alpha value is -0.470. The molecule has 1 aromatic carbocycles. The van der Waals surface area contributed by atoms with Crippen molar-refractivity contribution < 1.29 is 0 Å². The third-order valence-corrected chi connectivity index (χ3v) is 5.20. The molecular formula is C19H33IN4S. The van der Waals surface area contributed by atoms with Gasteiger partial charge in [-0.2, -0.15) is 11.8 Å². The third kappa shape index (κ3) is 8.64. The van der Waals surface area contributed by atoms with Crippen LogP contribution in [-0.4, -0.2) is 49.6 Å². The summed E-state index contributed by atoms with van der Waals surface area (Å²) in [6.45, 7) is 7.67. The Balaban J connectivity index is 0.00000312. The van der Waals surface area contributed by atoms with Crippen molar-refractivity contribution in [3.8, 4) is 0 Å². The number of rotatable bonds is 7. The van der Waals surface area contributed by atoms with Gasteiger partial charge in [-0.3, -0.25) is 9.89 Å². The van der Waals surface area contributed by atoms with Gasteiger partial charge in [-0.25, -0.2) is 0 Å². The van der Waals surface area contributed by atoms with Crippen LogP contribution in [0.1, 0.15) is 30.9 Å². The van der Waals surface area contributed by atoms with Crippen LogP contribution in [0, 0.1) is 5.92 Å². The molecule has 25 heavy (non-hydrogen) atoms. The van der Waals surface area contributed by atoms with E-state index in [0.29, 0.717) is 0 Å². The number of aliphatic imine (C=N–C) groups is 1. The Labute approximate surface area is 174 Å². The maximum Gasteiger partial charge on any atom is 0.191 e. The molecule has 1 aliphatic rings. The van der Waals surface area contributed by atoms with Crippen LogP contribution < -0.4 is 10.6 Å². The van der Waals surface area contributed by atoms with Gasteiger partial charge in [0.15, 0.2) is 5.96 Å². The van der Waals surface area contributed by atoms with E-state index in [4.69, 9.17) is 0 Å². The molecule has 142 valence electrons. The Morgan fingerprint density at radius 1 is 1.16 bits per heavy atom. The molecular weight excluding hydrogens is 443 g/mol. The van der Waals surface area contributed by atoms with Gasteiger partial charge in [0.1, 0.15) is 0 Å². The molecule has 1 heterocycles. The SMILES string of the molecule is CN=C(NCCSC)NCc1ccc(CN2CCC(C)CC2)cc1.I. The highest BCUT2D eigenvalue weighted by Crippen LogP contribution is 2.18. The average molecular weight is 476 g/mol. The number of halogens is 1. The van der Waals surface area contributed by atoms with Crippen molar-refractivity contribution in [1.29, 1.82) is 0 Å². The summed E-state index contributed by atoms with van der Waals surface area (Å²) in [4.78, 5) is 6.83. The summed E-state index contributed by atoms with van der Waals surface area (Å²) < 4.78 is 0. The van der Waals surface area contributed by atoms with E-state index in [0.717, 1.165) is 37.3 Å². The minimum absolute atomic E-state index is 0. The first kappa shape index (κ1) is 22.6. The zero-order chi connectivity index (χ0) is 17.2. The van der Waals surface area contributed by atoms with E-state index in [9.17, 15) is 0 Å². The predicted octanol–water partition coefficient (Wildman–Crippen LogP) is 3.56. The zero-order valence-corrected chi connectivity index (χ0v) is 18.9. The van der Waals surface area contributed by atoms with Crippen LogP contribution in [0.3, 0.4) is 0 Å². The molecule has 0 aliphatic carbocycles. The van der Waals surface area contributed by atoms with Crippen molar-refractivity contribution in [2.45, 2.75) is 32.9 Å². The molecule has 1 fully saturated rings. The topological polar surface area (TPSA) is 39.7 Å². The van der Waals surface area contributed by atoms with Gasteiger partial charge in [0.05, 0.1) is 0 Å². The van der Waals surface area contributed by atoms with Gasteiger partial charge in [0.2, 0.25) is 0 Å². The minimum atomic E-state index is 0. The van der Waals surface area contributed by atoms with Crippen molar-refractivity contribution in [2.24, 2.45) is 10.9 Å². The number of guanidine groups is 1. The Morgan fingerprint density at radius 3 is 2.40 bits per heavy atom. The lowest BCUT2D eigenvalue weighted by molar-refractivity contribution is 0.185. The molecule has 1 aliphatic heterocycles. The number of nitrogens with one attached hydrogen (secondary N) is 2. The fourth-order valence-corrected chi connectivity index (χ4v) is 3.22. The largest absolute Gasteiger partial charge is 0.356 e. The summed E-state index contributed by atoms with van der Waals surface area (Å²) in [5.41, 5.74) is 2.70. The van der Waals surface area contributed by atoms with Gasteiger partial charge in [-0.15, -0.1) is 24.0 Å². The van der Waals surface area contributed by atoms with Crippen molar-refractivity contribution in [3.63, 3.8) is 0 Å². The Morgan fingerprint density at radius 2 is 1.80 bits per heavy atom. The number of piperidine rings is 1. The standard InChI is InChI=1S/C19H32N4S.HI/c1-16-8-11-23(12-9-16)15-18-6-4-17(5-7-18)14-22-19(20-2)21-10-13-24-3;/h4-7,16H,8-15H2,1-3H3,(H2,20,21,22);1H. The van der Waals surface area contributed by atoms with Crippen molar-refractivity contribution >= 4 is 41.7 Å². The third-order valence-electron chi connectivity index (χ3n) is 4.59. The van der Waals surface area contributed by atoms with Gasteiger partial charge in [-0.05, 0) is 49.2 Å². The summed E-state index contributed by atoms with van der Waals surface area (Å²) in [5.74, 6) is 2.86. The van der Waals surface area contributed by atoms with Crippen LogP contribution in [0.4, 0.5) is 0 Å². The molecule has 2 N–H and O–H groups in total. The number of hydrogen-bond donors (Lipinski definition) is 2. The van der Waals surface area contributed by atoms with E-state index in [1.54, 1.807) is 0 Å². The number of benzene rings is 1. The monoisotopic (exact) mass is 476 g/mol. The molecule has 0 saturated carbocycles. The van der Waals surface area contributed by atoms with Gasteiger partial charge >= 0.3 is 0 Å². The molecule has 0 unspecified atom stereocenters. The molecule has 0 bridgehead atoms. The second-order valence-electron chi connectivity index (χ2n) is 6.62. The van der Waals surface area contributed by atoms with Crippen LogP contribution in [0.5, 0.6) is 0 Å². The maximum atomic E-state index is 4.25. The van der Waals surface area contributed by atoms with E-state index < -0.39 is 0 Å². The highest BCUT2D eigenvalue weighted by atomic mass is 127. The number of nitrogens with zero attached hydrogens (tertiary/aromatic N) is 2. The summed E-state index contributed by atoms with van der Waals surface area (Å²) in [7, 11) is 1.82. The highest BCUT2D eigenvalue weighted by Gasteiger charge is 2.15. The molecule has 0 atom stereocenters. The Bertz CT molecular complexity index is 499. The normalized spacial score (nSPS) is 16.4. The first-order valence-corrected chi connectivity index (χ1v) is 10.3. The summed E-state index contributed by atoms with van der Waals surface area (Å²) >= 11 is 1.84. The van der Waals surface area contributed by atoms with E-state index >= 15 is 0 Å². The zero-order valence-electron chi connectivity index (χ0n) is 15.8. The van der Waals surface area contributed by atoms with Crippen LogP contribution >= 0.6 is 35.7 Å². The van der Waals surface area contributed by atoms with E-state index in [2.05, 4.69) is 58.0 Å². The van der Waals surface area contributed by atoms with Crippen molar-refractivity contribution in [1.82, 2.24) is 15.5 Å². The molecule has 0 amide bonds. The molecule has 2 rings (SSSR count). The molecule has 0 spiro atoms. The minimum Gasteiger partial charge on any atom is -0.356 e. The highest BCUT2D eigenvalue weighted by molar-refractivity contribution is 14.0. The summed E-state index contributed by atoms with van der Waals surface area (Å²) in [5, 5.41) is 6.69. The van der Waals surface area contributed by atoms with Gasteiger partial charge < -0.3 is 10.6 Å². The van der Waals surface area contributed by atoms with E-state index in [1.165, 1.54) is 37.1 Å². The van der Waals surface area contributed by atoms with Gasteiger partial charge in [0.25, 0.3) is 0 Å². The molecule has 0 aromatic heterocycles. The van der Waals surface area contributed by atoms with Crippen LogP contribution in [0.15, 0.2) is 29.3 Å². The molecule has 4 nitrogen and oxygen atoms in total. The lowest BCUT2D eigenvalue weighted by atomic mass is 9.99. The van der Waals surface area contributed by atoms with Crippen LogP contribution in [0.25, 0.3) is 0 Å². The molecule has 1 saturated heterocycles. The first-order chi connectivity index (χ1) is 11.7. The molecule has 6 heteroatoms. The number of thioether (sulfide) groups is 1. The second kappa shape index (κ2) is 12.8. The van der Waals surface area contributed by atoms with Crippen molar-refractivity contribution in [3.05, 3.63) is 35.4 Å². The smallest absolute Gasteiger partial charge is 0.191 e. The maximum absolute atomic E-state index is 4.25. The molecule has 0 radical (unpaired) electrons. The average Bonchev–Trinajstić information content (AvgIpc) is 2.61. The second-order valence-corrected chi connectivity index (χ2v) is 7.61. The quantitative estimate of drug-likeness (QED) is 0.273. The summed E-state index contributed by atoms with van der Waals surface area (Å²) in [6, 6.07) is 8.98. The van der Waals surface area contributed by atoms with Gasteiger partial charge in [0, 0.05) is 32.4 Å². The predicted molar refractivity (Wildman–Crippen MR) is 122 cm³/mol. The fraction of sp³-hybridized carbons (Fsp3) is 0.632. The van der Waals surface area contributed by atoms with Crippen LogP contribution in [0.2, 0.25) is 0 Å². The van der Waals surface area contributed by atoms with E-state index in [-0.39, 0.29) is 24.0 Å². The van der Waals surface area contributed by atoms with Crippen molar-refractivity contribution in [2.75, 3.05) is 38.7 Å². The lowest BCUT2D eigenvalue weighted by Gasteiger charge is -2.30. The fourth-order valence-electron chi connectivity index (χ4n) is 2.92. The van der Waals surface area contributed by atoms with Crippen LogP contribution in [-0.2, 0) is 13.1 Å². The first-order valence-electron chi connectivity index (χ1n) is 8.95. The Kier molecular flexibility index (Phi) is 11.6. The number of hydrogen-bond acceptors (Lipinski definition) is 3. The summed E-state index contributed by atoms with van der Waals surface area (Å²) in [6.07, 6.45) is 4.79.